The topological polar surface area (TPSA) is 49.4 Å². The van der Waals surface area contributed by atoms with E-state index in [1.165, 1.54) is 0 Å². The molecule has 1 aliphatic rings. The van der Waals surface area contributed by atoms with Gasteiger partial charge in [-0.15, -0.1) is 11.3 Å². The summed E-state index contributed by atoms with van der Waals surface area (Å²) in [5, 5.41) is 4.93. The molecule has 1 saturated heterocycles. The van der Waals surface area contributed by atoms with Gasteiger partial charge in [0.25, 0.3) is 0 Å². The molecule has 1 N–H and O–H groups in total. The highest BCUT2D eigenvalue weighted by Gasteiger charge is 2.46. The molecule has 116 valence electrons. The molecule has 0 radical (unpaired) electrons. The summed E-state index contributed by atoms with van der Waals surface area (Å²) in [7, 11) is 0. The molecule has 2 atom stereocenters. The molecule has 2 unspecified atom stereocenters. The maximum atomic E-state index is 12.9. The van der Waals surface area contributed by atoms with Crippen molar-refractivity contribution in [3.8, 4) is 0 Å². The molecule has 0 aromatic carbocycles. The van der Waals surface area contributed by atoms with E-state index in [0.29, 0.717) is 25.3 Å². The van der Waals surface area contributed by atoms with Crippen LogP contribution in [0.1, 0.15) is 45.4 Å². The van der Waals surface area contributed by atoms with E-state index in [4.69, 9.17) is 0 Å². The lowest BCUT2D eigenvalue weighted by Gasteiger charge is -2.44. The monoisotopic (exact) mass is 308 g/mol. The van der Waals surface area contributed by atoms with Gasteiger partial charge in [0.15, 0.2) is 0 Å². The zero-order chi connectivity index (χ0) is 15.6. The molecule has 2 heterocycles. The molecule has 1 aliphatic heterocycles. The van der Waals surface area contributed by atoms with E-state index in [9.17, 15) is 9.59 Å². The summed E-state index contributed by atoms with van der Waals surface area (Å²) >= 11 is 1.62. The van der Waals surface area contributed by atoms with Gasteiger partial charge in [-0.3, -0.25) is 9.59 Å². The van der Waals surface area contributed by atoms with Gasteiger partial charge in [0.2, 0.25) is 11.8 Å². The van der Waals surface area contributed by atoms with Crippen LogP contribution in [0.15, 0.2) is 17.5 Å². The molecule has 4 nitrogen and oxygen atoms in total. The third-order valence-corrected chi connectivity index (χ3v) is 4.98. The van der Waals surface area contributed by atoms with Crippen molar-refractivity contribution in [2.24, 2.45) is 5.92 Å². The highest BCUT2D eigenvalue weighted by atomic mass is 32.1. The Morgan fingerprint density at radius 3 is 2.67 bits per heavy atom. The number of nitrogens with zero attached hydrogens (tertiary/aromatic N) is 1. The predicted molar refractivity (Wildman–Crippen MR) is 85.0 cm³/mol. The van der Waals surface area contributed by atoms with Crippen LogP contribution >= 0.6 is 11.3 Å². The first-order valence-corrected chi connectivity index (χ1v) is 8.41. The van der Waals surface area contributed by atoms with Crippen molar-refractivity contribution < 1.29 is 9.59 Å². The Kier molecular flexibility index (Phi) is 4.71. The molecule has 1 aromatic rings. The Hall–Kier alpha value is -1.36. The van der Waals surface area contributed by atoms with Gasteiger partial charge in [-0.25, -0.2) is 0 Å². The Labute approximate surface area is 130 Å². The fraction of sp³-hybridized carbons (Fsp3) is 0.625. The first-order valence-electron chi connectivity index (χ1n) is 7.53. The second kappa shape index (κ2) is 6.18. The number of carbonyl (C=O) groups is 2. The number of nitrogens with one attached hydrogen (secondary N) is 1. The normalized spacial score (nSPS) is 26.3. The molecule has 5 heteroatoms. The number of thiophene rings is 1. The predicted octanol–water partition coefficient (Wildman–Crippen LogP) is 2.79. The molecular formula is C16H24N2O2S. The first-order chi connectivity index (χ1) is 9.87. The van der Waals surface area contributed by atoms with Crippen LogP contribution in [0.2, 0.25) is 0 Å². The number of carbonyl (C=O) groups excluding carboxylic acids is 2. The van der Waals surface area contributed by atoms with E-state index in [1.807, 2.05) is 31.4 Å². The van der Waals surface area contributed by atoms with E-state index < -0.39 is 5.54 Å². The first kappa shape index (κ1) is 16.0. The van der Waals surface area contributed by atoms with Gasteiger partial charge < -0.3 is 10.2 Å². The van der Waals surface area contributed by atoms with E-state index in [2.05, 4.69) is 19.2 Å². The van der Waals surface area contributed by atoms with E-state index in [0.717, 1.165) is 4.88 Å². The minimum Gasteiger partial charge on any atom is -0.340 e. The van der Waals surface area contributed by atoms with Crippen molar-refractivity contribution in [3.63, 3.8) is 0 Å². The smallest absolute Gasteiger partial charge is 0.249 e. The van der Waals surface area contributed by atoms with Gasteiger partial charge in [0.1, 0.15) is 11.6 Å². The summed E-state index contributed by atoms with van der Waals surface area (Å²) in [5.41, 5.74) is -0.776. The highest BCUT2D eigenvalue weighted by molar-refractivity contribution is 7.09. The quantitative estimate of drug-likeness (QED) is 0.909. The second-order valence-corrected chi connectivity index (χ2v) is 7.36. The molecule has 21 heavy (non-hydrogen) atoms. The SMILES string of the molecule is CCC1(C)NC(=O)C(CC(C)C)N(Cc2cccs2)C1=O. The lowest BCUT2D eigenvalue weighted by atomic mass is 9.89. The summed E-state index contributed by atoms with van der Waals surface area (Å²) in [5.74, 6) is 0.373. The number of hydrogen-bond donors (Lipinski definition) is 1. The van der Waals surface area contributed by atoms with E-state index in [1.54, 1.807) is 16.2 Å². The van der Waals surface area contributed by atoms with Gasteiger partial charge in [0, 0.05) is 4.88 Å². The summed E-state index contributed by atoms with van der Waals surface area (Å²) in [6, 6.07) is 3.63. The summed E-state index contributed by atoms with van der Waals surface area (Å²) in [6.45, 7) is 8.44. The van der Waals surface area contributed by atoms with Crippen LogP contribution in [0.4, 0.5) is 0 Å². The number of hydrogen-bond acceptors (Lipinski definition) is 3. The standard InChI is InChI=1S/C16H24N2O2S/c1-5-16(4)15(20)18(10-12-7-6-8-21-12)13(9-11(2)3)14(19)17-16/h6-8,11,13H,5,9-10H2,1-4H3,(H,17,19). The van der Waals surface area contributed by atoms with Crippen LogP contribution in [0.5, 0.6) is 0 Å². The lowest BCUT2D eigenvalue weighted by molar-refractivity contribution is -0.155. The number of amides is 2. The van der Waals surface area contributed by atoms with Gasteiger partial charge in [-0.1, -0.05) is 26.8 Å². The third kappa shape index (κ3) is 3.28. The van der Waals surface area contributed by atoms with Gasteiger partial charge >= 0.3 is 0 Å². The molecule has 0 saturated carbocycles. The van der Waals surface area contributed by atoms with Crippen molar-refractivity contribution in [2.75, 3.05) is 0 Å². The molecule has 0 bridgehead atoms. The molecule has 1 fully saturated rings. The largest absolute Gasteiger partial charge is 0.340 e. The van der Waals surface area contributed by atoms with Gasteiger partial charge in [-0.05, 0) is 37.1 Å². The average molecular weight is 308 g/mol. The maximum Gasteiger partial charge on any atom is 0.249 e. The number of rotatable bonds is 5. The van der Waals surface area contributed by atoms with Crippen LogP contribution < -0.4 is 5.32 Å². The minimum absolute atomic E-state index is 0.0239. The van der Waals surface area contributed by atoms with Crippen LogP contribution in [0, 0.1) is 5.92 Å². The lowest BCUT2D eigenvalue weighted by Crippen LogP contribution is -2.68. The van der Waals surface area contributed by atoms with Crippen LogP contribution in [-0.4, -0.2) is 28.3 Å². The van der Waals surface area contributed by atoms with Gasteiger partial charge in [0.05, 0.1) is 6.54 Å². The fourth-order valence-electron chi connectivity index (χ4n) is 2.68. The molecule has 2 rings (SSSR count). The Morgan fingerprint density at radius 2 is 2.14 bits per heavy atom. The Bertz CT molecular complexity index is 512. The maximum absolute atomic E-state index is 12.9. The second-order valence-electron chi connectivity index (χ2n) is 6.33. The zero-order valence-corrected chi connectivity index (χ0v) is 14.0. The summed E-state index contributed by atoms with van der Waals surface area (Å²) < 4.78 is 0. The van der Waals surface area contributed by atoms with Crippen LogP contribution in [0.3, 0.4) is 0 Å². The van der Waals surface area contributed by atoms with Crippen molar-refractivity contribution in [3.05, 3.63) is 22.4 Å². The molecule has 2 amide bonds. The molecule has 0 aliphatic carbocycles. The van der Waals surface area contributed by atoms with E-state index in [-0.39, 0.29) is 17.9 Å². The summed E-state index contributed by atoms with van der Waals surface area (Å²) in [4.78, 5) is 28.2. The van der Waals surface area contributed by atoms with Crippen molar-refractivity contribution in [1.29, 1.82) is 0 Å². The van der Waals surface area contributed by atoms with Crippen molar-refractivity contribution in [1.82, 2.24) is 10.2 Å². The van der Waals surface area contributed by atoms with Gasteiger partial charge in [-0.2, -0.15) is 0 Å². The van der Waals surface area contributed by atoms with Crippen LogP contribution in [0.25, 0.3) is 0 Å². The van der Waals surface area contributed by atoms with Crippen molar-refractivity contribution in [2.45, 2.75) is 58.7 Å². The van der Waals surface area contributed by atoms with E-state index >= 15 is 0 Å². The van der Waals surface area contributed by atoms with Crippen molar-refractivity contribution >= 4 is 23.2 Å². The Morgan fingerprint density at radius 1 is 1.43 bits per heavy atom. The highest BCUT2D eigenvalue weighted by Crippen LogP contribution is 2.27. The third-order valence-electron chi connectivity index (χ3n) is 4.12. The molecule has 1 aromatic heterocycles. The minimum atomic E-state index is -0.776. The average Bonchev–Trinajstić information content (AvgIpc) is 2.92. The Balaban J connectivity index is 2.30. The molecule has 0 spiro atoms. The van der Waals surface area contributed by atoms with Crippen LogP contribution in [-0.2, 0) is 16.1 Å². The number of piperazine rings is 1. The fourth-order valence-corrected chi connectivity index (χ4v) is 3.38. The summed E-state index contributed by atoms with van der Waals surface area (Å²) in [6.07, 6.45) is 1.30. The zero-order valence-electron chi connectivity index (χ0n) is 13.2. The molecular weight excluding hydrogens is 284 g/mol.